The Bertz CT molecular complexity index is 881. The number of hydrogen-bond donors (Lipinski definition) is 4. The zero-order valence-electron chi connectivity index (χ0n) is 15.8. The number of nitrogens with one attached hydrogen (secondary N) is 1. The number of aliphatic hydroxyl groups excluding tert-OH is 2. The Balaban J connectivity index is 2.20. The monoisotopic (exact) mass is 427 g/mol. The molecule has 0 aliphatic rings. The predicted octanol–water partition coefficient (Wildman–Crippen LogP) is 2.17. The number of rotatable bonds is 8. The summed E-state index contributed by atoms with van der Waals surface area (Å²) < 4.78 is 45.7. The Labute approximate surface area is 170 Å². The Hall–Kier alpha value is -3.08. The van der Waals surface area contributed by atoms with Crippen LogP contribution in [0, 0.1) is 0 Å². The Morgan fingerprint density at radius 3 is 2.33 bits per heavy atom. The van der Waals surface area contributed by atoms with E-state index >= 15 is 0 Å². The van der Waals surface area contributed by atoms with Crippen LogP contribution < -0.4 is 14.8 Å². The van der Waals surface area contributed by atoms with Crippen molar-refractivity contribution in [2.45, 2.75) is 18.7 Å². The lowest BCUT2D eigenvalue weighted by Crippen LogP contribution is -2.45. The van der Waals surface area contributed by atoms with Gasteiger partial charge in [0, 0.05) is 11.1 Å². The number of amides is 1. The number of methoxy groups -OCH3 is 1. The van der Waals surface area contributed by atoms with Crippen molar-refractivity contribution in [1.29, 1.82) is 0 Å². The van der Waals surface area contributed by atoms with E-state index in [0.717, 1.165) is 0 Å². The largest absolute Gasteiger partial charge is 0.573 e. The van der Waals surface area contributed by atoms with E-state index in [1.165, 1.54) is 49.6 Å². The van der Waals surface area contributed by atoms with Gasteiger partial charge in [-0.3, -0.25) is 4.79 Å². The highest BCUT2D eigenvalue weighted by atomic mass is 19.4. The molecule has 2 rings (SSSR count). The lowest BCUT2D eigenvalue weighted by atomic mass is 10.1. The van der Waals surface area contributed by atoms with Crippen molar-refractivity contribution in [2.24, 2.45) is 0 Å². The van der Waals surface area contributed by atoms with Crippen molar-refractivity contribution >= 4 is 18.1 Å². The lowest BCUT2D eigenvalue weighted by Gasteiger charge is -2.18. The summed E-state index contributed by atoms with van der Waals surface area (Å²) in [4.78, 5) is 12.3. The maximum Gasteiger partial charge on any atom is 0.573 e. The standard InChI is InChI=1S/C20H20F3NO6/c1-29-17-9-6-14(18(26)24-16(11-25)19(27)28)10-13(17)5-2-12-3-7-15(8-4-12)30-20(21,22)23/h2-10,16,19,25,27-28H,11H2,1H3,(H,24,26). The number of benzene rings is 2. The molecule has 2 aromatic rings. The Morgan fingerprint density at radius 1 is 1.13 bits per heavy atom. The third-order valence-corrected chi connectivity index (χ3v) is 3.93. The molecule has 0 radical (unpaired) electrons. The van der Waals surface area contributed by atoms with Gasteiger partial charge in [0.05, 0.1) is 13.7 Å². The third-order valence-electron chi connectivity index (χ3n) is 3.93. The van der Waals surface area contributed by atoms with Gasteiger partial charge >= 0.3 is 6.36 Å². The summed E-state index contributed by atoms with van der Waals surface area (Å²) in [5.41, 5.74) is 1.24. The normalized spacial score (nSPS) is 12.8. The molecule has 0 heterocycles. The van der Waals surface area contributed by atoms with Gasteiger partial charge in [-0.05, 0) is 35.9 Å². The van der Waals surface area contributed by atoms with Gasteiger partial charge in [-0.15, -0.1) is 13.2 Å². The van der Waals surface area contributed by atoms with Gasteiger partial charge in [-0.1, -0.05) is 24.3 Å². The van der Waals surface area contributed by atoms with E-state index in [1.54, 1.807) is 12.2 Å². The van der Waals surface area contributed by atoms with E-state index in [-0.39, 0.29) is 11.3 Å². The number of aliphatic hydroxyl groups is 3. The summed E-state index contributed by atoms with van der Waals surface area (Å²) in [7, 11) is 1.43. The SMILES string of the molecule is COc1ccc(C(=O)NC(CO)C(O)O)cc1C=Cc1ccc(OC(F)(F)F)cc1. The molecule has 0 saturated carbocycles. The first-order valence-corrected chi connectivity index (χ1v) is 8.62. The van der Waals surface area contributed by atoms with Gasteiger partial charge in [0.25, 0.3) is 5.91 Å². The molecule has 4 N–H and O–H groups in total. The molecule has 162 valence electrons. The maximum atomic E-state index is 12.3. The molecule has 0 spiro atoms. The average Bonchev–Trinajstić information content (AvgIpc) is 2.69. The minimum Gasteiger partial charge on any atom is -0.496 e. The summed E-state index contributed by atoms with van der Waals surface area (Å²) in [6.07, 6.45) is -3.50. The molecule has 30 heavy (non-hydrogen) atoms. The molecule has 0 aliphatic carbocycles. The van der Waals surface area contributed by atoms with Gasteiger partial charge in [0.15, 0.2) is 6.29 Å². The van der Waals surface area contributed by atoms with Crippen molar-refractivity contribution in [3.8, 4) is 11.5 Å². The van der Waals surface area contributed by atoms with Crippen molar-refractivity contribution in [3.05, 3.63) is 59.2 Å². The Kier molecular flexibility index (Phi) is 7.81. The van der Waals surface area contributed by atoms with Crippen LogP contribution in [0.4, 0.5) is 13.2 Å². The van der Waals surface area contributed by atoms with Crippen LogP contribution in [-0.4, -0.2) is 53.6 Å². The number of alkyl halides is 3. The van der Waals surface area contributed by atoms with Crippen LogP contribution in [0.1, 0.15) is 21.5 Å². The average molecular weight is 427 g/mol. The molecule has 0 saturated heterocycles. The van der Waals surface area contributed by atoms with E-state index in [2.05, 4.69) is 10.1 Å². The second-order valence-electron chi connectivity index (χ2n) is 6.08. The molecule has 1 amide bonds. The molecule has 2 aromatic carbocycles. The minimum absolute atomic E-state index is 0.170. The van der Waals surface area contributed by atoms with Crippen molar-refractivity contribution in [1.82, 2.24) is 5.32 Å². The number of halogens is 3. The summed E-state index contributed by atoms with van der Waals surface area (Å²) >= 11 is 0. The highest BCUT2D eigenvalue weighted by molar-refractivity contribution is 5.95. The van der Waals surface area contributed by atoms with Crippen LogP contribution in [0.3, 0.4) is 0 Å². The Morgan fingerprint density at radius 2 is 1.80 bits per heavy atom. The van der Waals surface area contributed by atoms with Gasteiger partial charge in [0.1, 0.15) is 17.5 Å². The van der Waals surface area contributed by atoms with Crippen molar-refractivity contribution in [3.63, 3.8) is 0 Å². The first-order valence-electron chi connectivity index (χ1n) is 8.62. The fraction of sp³-hybridized carbons (Fsp3) is 0.250. The van der Waals surface area contributed by atoms with Crippen molar-refractivity contribution in [2.75, 3.05) is 13.7 Å². The third kappa shape index (κ3) is 6.76. The quantitative estimate of drug-likeness (QED) is 0.380. The van der Waals surface area contributed by atoms with Crippen LogP contribution in [0.5, 0.6) is 11.5 Å². The van der Waals surface area contributed by atoms with E-state index < -0.39 is 31.2 Å². The first-order chi connectivity index (χ1) is 14.1. The summed E-state index contributed by atoms with van der Waals surface area (Å²) in [5.74, 6) is -0.561. The second kappa shape index (κ2) is 10.1. The fourth-order valence-electron chi connectivity index (χ4n) is 2.44. The summed E-state index contributed by atoms with van der Waals surface area (Å²) in [6, 6.07) is 8.39. The lowest BCUT2D eigenvalue weighted by molar-refractivity contribution is -0.274. The van der Waals surface area contributed by atoms with Gasteiger partial charge in [0.2, 0.25) is 0 Å². The molecular weight excluding hydrogens is 407 g/mol. The van der Waals surface area contributed by atoms with Crippen LogP contribution in [0.15, 0.2) is 42.5 Å². The van der Waals surface area contributed by atoms with Crippen molar-refractivity contribution < 1.29 is 42.8 Å². The topological polar surface area (TPSA) is 108 Å². The van der Waals surface area contributed by atoms with Gasteiger partial charge in [-0.2, -0.15) is 0 Å². The number of carbonyl (C=O) groups is 1. The van der Waals surface area contributed by atoms with Gasteiger partial charge in [-0.25, -0.2) is 0 Å². The number of hydrogen-bond acceptors (Lipinski definition) is 6. The minimum atomic E-state index is -4.77. The van der Waals surface area contributed by atoms with E-state index in [0.29, 0.717) is 16.9 Å². The number of carbonyl (C=O) groups excluding carboxylic acids is 1. The molecule has 10 heteroatoms. The maximum absolute atomic E-state index is 12.3. The highest BCUT2D eigenvalue weighted by Gasteiger charge is 2.30. The molecule has 0 aromatic heterocycles. The molecular formula is C20H20F3NO6. The molecule has 0 aliphatic heterocycles. The second-order valence-corrected chi connectivity index (χ2v) is 6.08. The summed E-state index contributed by atoms with van der Waals surface area (Å²) in [6.45, 7) is -0.666. The zero-order valence-corrected chi connectivity index (χ0v) is 15.8. The van der Waals surface area contributed by atoms with Crippen LogP contribution in [0.2, 0.25) is 0 Å². The smallest absolute Gasteiger partial charge is 0.496 e. The highest BCUT2D eigenvalue weighted by Crippen LogP contribution is 2.25. The van der Waals surface area contributed by atoms with E-state index in [4.69, 9.17) is 20.1 Å². The predicted molar refractivity (Wildman–Crippen MR) is 102 cm³/mol. The first kappa shape index (κ1) is 23.2. The van der Waals surface area contributed by atoms with Crippen LogP contribution in [0.25, 0.3) is 12.2 Å². The van der Waals surface area contributed by atoms with E-state index in [9.17, 15) is 18.0 Å². The molecule has 0 bridgehead atoms. The van der Waals surface area contributed by atoms with Gasteiger partial charge < -0.3 is 30.1 Å². The van der Waals surface area contributed by atoms with Crippen LogP contribution in [-0.2, 0) is 0 Å². The molecule has 1 atom stereocenters. The van der Waals surface area contributed by atoms with E-state index in [1.807, 2.05) is 0 Å². The molecule has 7 nitrogen and oxygen atoms in total. The van der Waals surface area contributed by atoms with Crippen LogP contribution >= 0.6 is 0 Å². The number of ether oxygens (including phenoxy) is 2. The fourth-order valence-corrected chi connectivity index (χ4v) is 2.44. The summed E-state index contributed by atoms with van der Waals surface area (Å²) in [5, 5.41) is 29.6. The molecule has 1 unspecified atom stereocenters. The zero-order chi connectivity index (χ0) is 22.3. The molecule has 0 fully saturated rings.